The Balaban J connectivity index is 3.39. The monoisotopic (exact) mass is 261 g/mol. The van der Waals surface area contributed by atoms with Crippen LogP contribution < -0.4 is 10.5 Å². The minimum absolute atomic E-state index is 0.281. The molecule has 0 unspecified atom stereocenters. The van der Waals surface area contributed by atoms with Crippen LogP contribution in [-0.2, 0) is 10.2 Å². The molecule has 0 atom stereocenters. The molecule has 19 heavy (non-hydrogen) atoms. The number of aryl methyl sites for hydroxylation is 2. The van der Waals surface area contributed by atoms with Crippen LogP contribution in [-0.4, -0.2) is 5.91 Å². The number of carbonyl (C=O) groups is 1. The van der Waals surface area contributed by atoms with E-state index in [-0.39, 0.29) is 17.7 Å². The normalized spacial score (nSPS) is 11.2. The molecule has 0 aliphatic carbocycles. The lowest BCUT2D eigenvalue weighted by Crippen LogP contribution is -2.27. The molecule has 0 bridgehead atoms. The number of amides is 1. The number of allylic oxidation sites excluding steroid dienone is 1. The first-order valence-electron chi connectivity index (χ1n) is 6.37. The lowest BCUT2D eigenvalue weighted by molar-refractivity contribution is -0.119. The lowest BCUT2D eigenvalue weighted by Gasteiger charge is -2.28. The van der Waals surface area contributed by atoms with Gasteiger partial charge in [-0.3, -0.25) is 4.79 Å². The summed E-state index contributed by atoms with van der Waals surface area (Å²) in [5.41, 5.74) is 8.21. The van der Waals surface area contributed by atoms with E-state index in [1.54, 1.807) is 0 Å². The van der Waals surface area contributed by atoms with Gasteiger partial charge in [-0.05, 0) is 38.0 Å². The quantitative estimate of drug-likeness (QED) is 0.826. The molecule has 0 saturated carbocycles. The largest absolute Gasteiger partial charge is 0.462 e. The number of hydrogen-bond acceptors (Lipinski definition) is 2. The van der Waals surface area contributed by atoms with Crippen LogP contribution in [0.2, 0.25) is 0 Å². The van der Waals surface area contributed by atoms with Crippen molar-refractivity contribution in [1.29, 1.82) is 0 Å². The van der Waals surface area contributed by atoms with Gasteiger partial charge in [0.1, 0.15) is 5.75 Å². The van der Waals surface area contributed by atoms with E-state index in [9.17, 15) is 4.79 Å². The van der Waals surface area contributed by atoms with E-state index < -0.39 is 0 Å². The molecule has 0 heterocycles. The zero-order chi connectivity index (χ0) is 14.8. The number of carbonyl (C=O) groups excluding carboxylic acids is 1. The van der Waals surface area contributed by atoms with Gasteiger partial charge in [-0.2, -0.15) is 0 Å². The molecular formula is C16H23NO2. The van der Waals surface area contributed by atoms with Crippen molar-refractivity contribution in [3.05, 3.63) is 41.2 Å². The molecule has 1 aromatic rings. The first-order chi connectivity index (χ1) is 8.63. The van der Waals surface area contributed by atoms with Gasteiger partial charge < -0.3 is 10.5 Å². The Morgan fingerprint density at radius 3 is 2.42 bits per heavy atom. The summed E-state index contributed by atoms with van der Waals surface area (Å²) in [6.07, 6.45) is 0.281. The van der Waals surface area contributed by atoms with Crippen LogP contribution in [0.4, 0.5) is 0 Å². The SMILES string of the molecule is C=C(C)Oc1cc(C)cc(C)c1C(C)(C)CC(N)=O. The highest BCUT2D eigenvalue weighted by molar-refractivity contribution is 5.76. The molecule has 0 aliphatic heterocycles. The van der Waals surface area contributed by atoms with Gasteiger partial charge in [0, 0.05) is 17.4 Å². The van der Waals surface area contributed by atoms with Crippen LogP contribution in [0.1, 0.15) is 43.9 Å². The molecule has 0 saturated heterocycles. The number of rotatable bonds is 5. The summed E-state index contributed by atoms with van der Waals surface area (Å²) in [7, 11) is 0. The minimum Gasteiger partial charge on any atom is -0.462 e. The van der Waals surface area contributed by atoms with Crippen LogP contribution in [0.5, 0.6) is 5.75 Å². The average molecular weight is 261 g/mol. The third-order valence-electron chi connectivity index (χ3n) is 3.02. The molecule has 1 aromatic carbocycles. The number of hydrogen-bond donors (Lipinski definition) is 1. The molecule has 0 radical (unpaired) electrons. The van der Waals surface area contributed by atoms with Crippen LogP contribution in [0.3, 0.4) is 0 Å². The Kier molecular flexibility index (Phi) is 4.40. The van der Waals surface area contributed by atoms with Gasteiger partial charge in [-0.1, -0.05) is 26.5 Å². The molecule has 0 aromatic heterocycles. The zero-order valence-corrected chi connectivity index (χ0v) is 12.5. The van der Waals surface area contributed by atoms with Crippen molar-refractivity contribution >= 4 is 5.91 Å². The minimum atomic E-state index is -0.367. The summed E-state index contributed by atoms with van der Waals surface area (Å²) in [5.74, 6) is 1.07. The molecule has 3 nitrogen and oxygen atoms in total. The van der Waals surface area contributed by atoms with Gasteiger partial charge in [0.05, 0.1) is 5.76 Å². The third kappa shape index (κ3) is 3.85. The van der Waals surface area contributed by atoms with E-state index >= 15 is 0 Å². The van der Waals surface area contributed by atoms with E-state index in [0.29, 0.717) is 5.76 Å². The van der Waals surface area contributed by atoms with Crippen molar-refractivity contribution in [2.45, 2.75) is 46.5 Å². The van der Waals surface area contributed by atoms with E-state index in [0.717, 1.165) is 22.4 Å². The van der Waals surface area contributed by atoms with Gasteiger partial charge in [0.15, 0.2) is 0 Å². The van der Waals surface area contributed by atoms with Gasteiger partial charge in [-0.15, -0.1) is 0 Å². The summed E-state index contributed by atoms with van der Waals surface area (Å²) < 4.78 is 5.73. The van der Waals surface area contributed by atoms with Crippen LogP contribution in [0.25, 0.3) is 0 Å². The Morgan fingerprint density at radius 1 is 1.37 bits per heavy atom. The Labute approximate surface area is 115 Å². The third-order valence-corrected chi connectivity index (χ3v) is 3.02. The van der Waals surface area contributed by atoms with E-state index in [2.05, 4.69) is 12.6 Å². The topological polar surface area (TPSA) is 52.3 Å². The lowest BCUT2D eigenvalue weighted by atomic mass is 9.78. The second-order valence-corrected chi connectivity index (χ2v) is 5.79. The van der Waals surface area contributed by atoms with Crippen LogP contribution >= 0.6 is 0 Å². The maximum absolute atomic E-state index is 11.3. The maximum Gasteiger partial charge on any atom is 0.218 e. The first-order valence-corrected chi connectivity index (χ1v) is 6.37. The van der Waals surface area contributed by atoms with Crippen molar-refractivity contribution in [3.63, 3.8) is 0 Å². The van der Waals surface area contributed by atoms with Gasteiger partial charge in [-0.25, -0.2) is 0 Å². The van der Waals surface area contributed by atoms with Gasteiger partial charge in [0.2, 0.25) is 5.91 Å². The average Bonchev–Trinajstić information content (AvgIpc) is 2.10. The van der Waals surface area contributed by atoms with Crippen LogP contribution in [0, 0.1) is 13.8 Å². The van der Waals surface area contributed by atoms with Crippen molar-refractivity contribution in [2.24, 2.45) is 5.73 Å². The number of nitrogens with two attached hydrogens (primary N) is 1. The summed E-state index contributed by atoms with van der Waals surface area (Å²) in [6.45, 7) is 13.6. The zero-order valence-electron chi connectivity index (χ0n) is 12.5. The smallest absolute Gasteiger partial charge is 0.218 e. The van der Waals surface area contributed by atoms with Gasteiger partial charge in [0.25, 0.3) is 0 Å². The van der Waals surface area contributed by atoms with Crippen molar-refractivity contribution < 1.29 is 9.53 Å². The van der Waals surface area contributed by atoms with Crippen molar-refractivity contribution in [2.75, 3.05) is 0 Å². The second-order valence-electron chi connectivity index (χ2n) is 5.79. The summed E-state index contributed by atoms with van der Waals surface area (Å²) in [6, 6.07) is 4.06. The van der Waals surface area contributed by atoms with Crippen molar-refractivity contribution in [1.82, 2.24) is 0 Å². The number of benzene rings is 1. The maximum atomic E-state index is 11.3. The molecule has 3 heteroatoms. The van der Waals surface area contributed by atoms with E-state index in [1.807, 2.05) is 40.7 Å². The second kappa shape index (κ2) is 5.47. The van der Waals surface area contributed by atoms with Crippen molar-refractivity contribution in [3.8, 4) is 5.75 Å². The van der Waals surface area contributed by atoms with Gasteiger partial charge >= 0.3 is 0 Å². The summed E-state index contributed by atoms with van der Waals surface area (Å²) in [5, 5.41) is 0. The number of primary amides is 1. The predicted molar refractivity (Wildman–Crippen MR) is 78.2 cm³/mol. The molecule has 0 spiro atoms. The summed E-state index contributed by atoms with van der Waals surface area (Å²) in [4.78, 5) is 11.3. The number of ether oxygens (including phenoxy) is 1. The first kappa shape index (κ1) is 15.3. The highest BCUT2D eigenvalue weighted by Gasteiger charge is 2.28. The fourth-order valence-electron chi connectivity index (χ4n) is 2.59. The van der Waals surface area contributed by atoms with Crippen LogP contribution in [0.15, 0.2) is 24.5 Å². The Bertz CT molecular complexity index is 516. The molecule has 0 aliphatic rings. The Morgan fingerprint density at radius 2 is 1.95 bits per heavy atom. The molecule has 2 N–H and O–H groups in total. The predicted octanol–water partition coefficient (Wildman–Crippen LogP) is 3.37. The van der Waals surface area contributed by atoms with E-state index in [4.69, 9.17) is 10.5 Å². The fourth-order valence-corrected chi connectivity index (χ4v) is 2.59. The molecule has 104 valence electrons. The fraction of sp³-hybridized carbons (Fsp3) is 0.438. The standard InChI is InChI=1S/C16H23NO2/c1-10(2)19-13-8-11(3)7-12(4)15(13)16(5,6)9-14(17)18/h7-8H,1,9H2,2-6H3,(H2,17,18). The van der Waals surface area contributed by atoms with E-state index in [1.165, 1.54) is 0 Å². The summed E-state index contributed by atoms with van der Waals surface area (Å²) >= 11 is 0. The highest BCUT2D eigenvalue weighted by Crippen LogP contribution is 2.38. The highest BCUT2D eigenvalue weighted by atomic mass is 16.5. The molecule has 1 rings (SSSR count). The Hall–Kier alpha value is -1.77. The molecule has 0 fully saturated rings. The molecular weight excluding hydrogens is 238 g/mol. The molecule has 1 amide bonds.